The molecule has 33 heavy (non-hydrogen) atoms. The lowest BCUT2D eigenvalue weighted by Gasteiger charge is -2.17. The van der Waals surface area contributed by atoms with Crippen LogP contribution in [0.15, 0.2) is 76.4 Å². The highest BCUT2D eigenvalue weighted by molar-refractivity contribution is 6.18. The van der Waals surface area contributed by atoms with Crippen molar-refractivity contribution in [3.8, 4) is 0 Å². The first-order valence-corrected chi connectivity index (χ1v) is 10.9. The number of nitrogens with zero attached hydrogens (tertiary/aromatic N) is 2. The number of ether oxygens (including phenoxy) is 2. The SMILES string of the molecule is Cc1cn([C@H]2C[C@H](OC(=O)c3ccccc3)[C@@H](CCl)O2)c(=O)n(C(=O)c2ccccc2)c1=O. The van der Waals surface area contributed by atoms with Gasteiger partial charge in [0.1, 0.15) is 18.4 Å². The normalized spacial score (nSPS) is 19.9. The Morgan fingerprint density at radius 3 is 2.24 bits per heavy atom. The molecule has 3 atom stereocenters. The van der Waals surface area contributed by atoms with Gasteiger partial charge in [0.2, 0.25) is 0 Å². The van der Waals surface area contributed by atoms with Crippen molar-refractivity contribution in [2.24, 2.45) is 0 Å². The van der Waals surface area contributed by atoms with E-state index >= 15 is 0 Å². The number of rotatable bonds is 5. The summed E-state index contributed by atoms with van der Waals surface area (Å²) < 4.78 is 13.2. The van der Waals surface area contributed by atoms with Gasteiger partial charge in [0.25, 0.3) is 11.5 Å². The number of carbonyl (C=O) groups is 2. The third-order valence-corrected chi connectivity index (χ3v) is 5.72. The molecule has 2 aromatic carbocycles. The second kappa shape index (κ2) is 9.56. The molecule has 1 aliphatic heterocycles. The van der Waals surface area contributed by atoms with E-state index in [-0.39, 0.29) is 23.4 Å². The van der Waals surface area contributed by atoms with Crippen LogP contribution in [0.25, 0.3) is 0 Å². The van der Waals surface area contributed by atoms with Crippen LogP contribution in [0.2, 0.25) is 0 Å². The average Bonchev–Trinajstić information content (AvgIpc) is 3.25. The summed E-state index contributed by atoms with van der Waals surface area (Å²) in [6.45, 7) is 1.51. The van der Waals surface area contributed by atoms with E-state index in [4.69, 9.17) is 21.1 Å². The highest BCUT2D eigenvalue weighted by Gasteiger charge is 2.39. The van der Waals surface area contributed by atoms with E-state index in [0.29, 0.717) is 10.1 Å². The summed E-state index contributed by atoms with van der Waals surface area (Å²) in [6, 6.07) is 16.5. The first kappa shape index (κ1) is 22.7. The van der Waals surface area contributed by atoms with Crippen molar-refractivity contribution in [3.05, 3.63) is 104 Å². The average molecular weight is 469 g/mol. The second-order valence-electron chi connectivity index (χ2n) is 7.64. The Morgan fingerprint density at radius 1 is 1.03 bits per heavy atom. The summed E-state index contributed by atoms with van der Waals surface area (Å²) in [6.07, 6.45) is -0.771. The molecule has 0 spiro atoms. The van der Waals surface area contributed by atoms with E-state index in [2.05, 4.69) is 0 Å². The summed E-state index contributed by atoms with van der Waals surface area (Å²) in [5.74, 6) is -1.24. The number of benzene rings is 2. The zero-order valence-electron chi connectivity index (χ0n) is 17.7. The Hall–Kier alpha value is -3.49. The maximum absolute atomic E-state index is 13.2. The maximum Gasteiger partial charge on any atom is 0.340 e. The van der Waals surface area contributed by atoms with E-state index in [9.17, 15) is 19.2 Å². The van der Waals surface area contributed by atoms with Gasteiger partial charge in [-0.2, -0.15) is 4.57 Å². The Bertz CT molecular complexity index is 1290. The van der Waals surface area contributed by atoms with Crippen molar-refractivity contribution < 1.29 is 19.1 Å². The van der Waals surface area contributed by atoms with Crippen molar-refractivity contribution >= 4 is 23.5 Å². The van der Waals surface area contributed by atoms with Gasteiger partial charge in [0, 0.05) is 23.7 Å². The van der Waals surface area contributed by atoms with Crippen molar-refractivity contribution in [1.29, 1.82) is 0 Å². The van der Waals surface area contributed by atoms with Gasteiger partial charge in [-0.15, -0.1) is 11.6 Å². The van der Waals surface area contributed by atoms with Crippen LogP contribution in [0.4, 0.5) is 0 Å². The Balaban J connectivity index is 1.65. The molecule has 9 heteroatoms. The Morgan fingerprint density at radius 2 is 1.64 bits per heavy atom. The summed E-state index contributed by atoms with van der Waals surface area (Å²) in [4.78, 5) is 51.2. The minimum absolute atomic E-state index is 0.0273. The molecule has 1 saturated heterocycles. The van der Waals surface area contributed by atoms with E-state index < -0.39 is 41.6 Å². The van der Waals surface area contributed by atoms with Gasteiger partial charge >= 0.3 is 11.7 Å². The van der Waals surface area contributed by atoms with Gasteiger partial charge in [0.05, 0.1) is 11.4 Å². The number of halogens is 1. The van der Waals surface area contributed by atoms with Crippen LogP contribution in [0.3, 0.4) is 0 Å². The van der Waals surface area contributed by atoms with E-state index in [1.54, 1.807) is 48.5 Å². The van der Waals surface area contributed by atoms with Gasteiger partial charge < -0.3 is 9.47 Å². The Kier molecular flexibility index (Phi) is 6.57. The quantitative estimate of drug-likeness (QED) is 0.422. The highest BCUT2D eigenvalue weighted by Crippen LogP contribution is 2.31. The van der Waals surface area contributed by atoms with Gasteiger partial charge in [-0.25, -0.2) is 9.59 Å². The smallest absolute Gasteiger partial charge is 0.340 e. The zero-order chi connectivity index (χ0) is 23.5. The maximum atomic E-state index is 13.2. The first-order valence-electron chi connectivity index (χ1n) is 10.3. The molecule has 0 unspecified atom stereocenters. The largest absolute Gasteiger partial charge is 0.456 e. The van der Waals surface area contributed by atoms with Gasteiger partial charge in [-0.3, -0.25) is 14.2 Å². The van der Waals surface area contributed by atoms with Crippen molar-refractivity contribution in [2.75, 3.05) is 5.88 Å². The number of alkyl halides is 1. The van der Waals surface area contributed by atoms with E-state index in [0.717, 1.165) is 0 Å². The minimum atomic E-state index is -0.871. The fourth-order valence-electron chi connectivity index (χ4n) is 3.71. The number of aromatic nitrogens is 2. The Labute approximate surface area is 193 Å². The van der Waals surface area contributed by atoms with Gasteiger partial charge in [0.15, 0.2) is 0 Å². The second-order valence-corrected chi connectivity index (χ2v) is 7.95. The van der Waals surface area contributed by atoms with E-state index in [1.807, 2.05) is 0 Å². The molecule has 1 aliphatic rings. The van der Waals surface area contributed by atoms with Crippen LogP contribution in [-0.2, 0) is 9.47 Å². The number of aryl methyl sites for hydroxylation is 1. The number of hydrogen-bond acceptors (Lipinski definition) is 6. The lowest BCUT2D eigenvalue weighted by atomic mass is 10.2. The summed E-state index contributed by atoms with van der Waals surface area (Å²) in [7, 11) is 0. The van der Waals surface area contributed by atoms with Crippen LogP contribution in [-0.4, -0.2) is 39.1 Å². The van der Waals surface area contributed by atoms with E-state index in [1.165, 1.54) is 29.8 Å². The van der Waals surface area contributed by atoms with Gasteiger partial charge in [-0.1, -0.05) is 36.4 Å². The summed E-state index contributed by atoms with van der Waals surface area (Å²) in [5, 5.41) is 0. The number of carbonyl (C=O) groups excluding carboxylic acids is 2. The minimum Gasteiger partial charge on any atom is -0.456 e. The molecule has 2 heterocycles. The third-order valence-electron chi connectivity index (χ3n) is 5.42. The van der Waals surface area contributed by atoms with Crippen molar-refractivity contribution in [2.45, 2.75) is 31.8 Å². The standard InChI is InChI=1S/C24H21ClN2O6/c1-15-14-26(24(31)27(21(15)28)22(29)16-8-4-2-5-9-16)20-12-18(19(13-25)32-20)33-23(30)17-10-6-3-7-11-17/h2-11,14,18-20H,12-13H2,1H3/t18-,19+,20+/m0/s1. The lowest BCUT2D eigenvalue weighted by Crippen LogP contribution is -2.45. The monoisotopic (exact) mass is 468 g/mol. The van der Waals surface area contributed by atoms with Crippen LogP contribution < -0.4 is 11.2 Å². The predicted octanol–water partition coefficient (Wildman–Crippen LogP) is 2.76. The molecular formula is C24H21ClN2O6. The molecule has 0 saturated carbocycles. The van der Waals surface area contributed by atoms with Crippen molar-refractivity contribution in [1.82, 2.24) is 9.13 Å². The van der Waals surface area contributed by atoms with Crippen molar-refractivity contribution in [3.63, 3.8) is 0 Å². The van der Waals surface area contributed by atoms with Gasteiger partial charge in [-0.05, 0) is 31.2 Å². The predicted molar refractivity (Wildman–Crippen MR) is 121 cm³/mol. The van der Waals surface area contributed by atoms with Crippen LogP contribution >= 0.6 is 11.6 Å². The molecule has 0 bridgehead atoms. The molecule has 4 rings (SSSR count). The number of hydrogen-bond donors (Lipinski definition) is 0. The fraction of sp³-hybridized carbons (Fsp3) is 0.250. The molecule has 0 amide bonds. The molecule has 8 nitrogen and oxygen atoms in total. The summed E-state index contributed by atoms with van der Waals surface area (Å²) >= 11 is 6.03. The third kappa shape index (κ3) is 4.53. The van der Waals surface area contributed by atoms with Crippen LogP contribution in [0.1, 0.15) is 38.9 Å². The molecule has 1 aromatic heterocycles. The highest BCUT2D eigenvalue weighted by atomic mass is 35.5. The zero-order valence-corrected chi connectivity index (χ0v) is 18.5. The molecular weight excluding hydrogens is 448 g/mol. The fourth-order valence-corrected chi connectivity index (χ4v) is 3.98. The van der Waals surface area contributed by atoms with Crippen LogP contribution in [0, 0.1) is 6.92 Å². The molecule has 3 aromatic rings. The molecule has 170 valence electrons. The molecule has 0 aliphatic carbocycles. The number of esters is 1. The molecule has 0 radical (unpaired) electrons. The topological polar surface area (TPSA) is 96.6 Å². The summed E-state index contributed by atoms with van der Waals surface area (Å²) in [5.41, 5.74) is -0.773. The lowest BCUT2D eigenvalue weighted by molar-refractivity contribution is -0.0196. The van der Waals surface area contributed by atoms with Crippen LogP contribution in [0.5, 0.6) is 0 Å². The molecule has 0 N–H and O–H groups in total. The molecule has 1 fully saturated rings. The first-order chi connectivity index (χ1) is 15.9.